The zero-order valence-electron chi connectivity index (χ0n) is 7.85. The zero-order chi connectivity index (χ0) is 11.2. The van der Waals surface area contributed by atoms with E-state index in [1.165, 1.54) is 6.07 Å². The molecule has 2 rings (SSSR count). The van der Waals surface area contributed by atoms with E-state index in [2.05, 4.69) is 0 Å². The first-order chi connectivity index (χ1) is 6.98. The third-order valence-electron chi connectivity index (χ3n) is 2.35. The van der Waals surface area contributed by atoms with Crippen LogP contribution in [-0.4, -0.2) is 42.5 Å². The van der Waals surface area contributed by atoms with Crippen LogP contribution in [0, 0.1) is 0 Å². The molecule has 0 aromatic heterocycles. The first-order valence-electron chi connectivity index (χ1n) is 4.21. The average Bonchev–Trinajstić information content (AvgIpc) is 2.40. The van der Waals surface area contributed by atoms with E-state index in [4.69, 9.17) is 0 Å². The van der Waals surface area contributed by atoms with Gasteiger partial charge in [0.05, 0.1) is 0 Å². The number of aliphatic hydroxyl groups is 2. The second kappa shape index (κ2) is 3.25. The maximum absolute atomic E-state index is 11.5. The van der Waals surface area contributed by atoms with Crippen LogP contribution in [0.25, 0.3) is 0 Å². The van der Waals surface area contributed by atoms with E-state index >= 15 is 0 Å². The molecular weight excluding hydrogens is 263 g/mol. The molecule has 0 saturated heterocycles. The topological polar surface area (TPSA) is 74.6 Å². The van der Waals surface area contributed by atoms with Crippen LogP contribution in [-0.2, 0) is 0 Å². The molecule has 5 heteroatoms. The van der Waals surface area contributed by atoms with Gasteiger partial charge in [-0.2, -0.15) is 0 Å². The number of carbonyl (C=O) groups is 2. The molecule has 0 bridgehead atoms. The number of hydrogen-bond donors (Lipinski definition) is 2. The third kappa shape index (κ3) is 1.36. The molecule has 0 aliphatic heterocycles. The van der Waals surface area contributed by atoms with Gasteiger partial charge in [-0.15, -0.1) is 0 Å². The molecule has 1 aliphatic carbocycles. The molecule has 0 saturated carbocycles. The molecule has 0 atom stereocenters. The summed E-state index contributed by atoms with van der Waals surface area (Å²) in [5.74, 6) is -2.74. The Balaban J connectivity index is 2.63. The molecule has 0 amide bonds. The van der Waals surface area contributed by atoms with Gasteiger partial charge in [0, 0.05) is 0 Å². The van der Waals surface area contributed by atoms with Crippen molar-refractivity contribution in [2.24, 2.45) is 0 Å². The first kappa shape index (κ1) is 10.5. The van der Waals surface area contributed by atoms with Crippen molar-refractivity contribution in [2.75, 3.05) is 0 Å². The number of hydrogen-bond acceptors (Lipinski definition) is 4. The predicted octanol–water partition coefficient (Wildman–Crippen LogP) is -0.876. The van der Waals surface area contributed by atoms with Crippen molar-refractivity contribution in [1.29, 1.82) is 0 Å². The van der Waals surface area contributed by atoms with Crippen molar-refractivity contribution in [1.82, 2.24) is 0 Å². The van der Waals surface area contributed by atoms with Crippen molar-refractivity contribution in [3.63, 3.8) is 0 Å². The number of fused-ring (bicyclic) bond motifs is 1. The van der Waals surface area contributed by atoms with E-state index in [-0.39, 0.29) is 26.1 Å². The van der Waals surface area contributed by atoms with Gasteiger partial charge < -0.3 is 0 Å². The Morgan fingerprint density at radius 1 is 1.13 bits per heavy atom. The Kier molecular flexibility index (Phi) is 2.28. The summed E-state index contributed by atoms with van der Waals surface area (Å²) in [5.41, 5.74) is 0.212. The molecule has 0 heterocycles. The summed E-state index contributed by atoms with van der Waals surface area (Å²) in [6.45, 7) is 0. The van der Waals surface area contributed by atoms with E-state index in [1.54, 1.807) is 12.1 Å². The zero-order valence-corrected chi connectivity index (χ0v) is 9.56. The Hall–Kier alpha value is -1.00. The van der Waals surface area contributed by atoms with Crippen LogP contribution in [0.5, 0.6) is 0 Å². The van der Waals surface area contributed by atoms with Crippen LogP contribution >= 0.6 is 0 Å². The van der Waals surface area contributed by atoms with Gasteiger partial charge in [0.15, 0.2) is 0 Å². The predicted molar refractivity (Wildman–Crippen MR) is 53.5 cm³/mol. The average molecular weight is 271 g/mol. The van der Waals surface area contributed by atoms with Crippen molar-refractivity contribution in [2.45, 2.75) is 11.6 Å². The summed E-state index contributed by atoms with van der Waals surface area (Å²) < 4.78 is 0.945. The second-order valence-electron chi connectivity index (χ2n) is 3.24. The van der Waals surface area contributed by atoms with Gasteiger partial charge in [0.25, 0.3) is 0 Å². The van der Waals surface area contributed by atoms with Crippen molar-refractivity contribution in [3.8, 4) is 0 Å². The van der Waals surface area contributed by atoms with Crippen LogP contribution in [0.1, 0.15) is 20.7 Å². The number of benzene rings is 1. The molecule has 78 valence electrons. The summed E-state index contributed by atoms with van der Waals surface area (Å²) in [7, 11) is 0. The number of carbonyl (C=O) groups excluding carboxylic acids is 2. The molecule has 15 heavy (non-hydrogen) atoms. The van der Waals surface area contributed by atoms with Crippen LogP contribution in [0.4, 0.5) is 0 Å². The Morgan fingerprint density at radius 3 is 2.33 bits per heavy atom. The summed E-state index contributed by atoms with van der Waals surface area (Å²) >= 11 is 0.203. The molecule has 4 nitrogen and oxygen atoms in total. The van der Waals surface area contributed by atoms with Gasteiger partial charge in [-0.3, -0.25) is 0 Å². The van der Waals surface area contributed by atoms with E-state index in [1.807, 2.05) is 5.82 Å². The molecule has 0 radical (unpaired) electrons. The fourth-order valence-corrected chi connectivity index (χ4v) is 2.44. The number of rotatable bonds is 1. The Morgan fingerprint density at radius 2 is 1.73 bits per heavy atom. The van der Waals surface area contributed by atoms with Gasteiger partial charge in [0.1, 0.15) is 0 Å². The van der Waals surface area contributed by atoms with Crippen molar-refractivity contribution >= 4 is 31.0 Å². The van der Waals surface area contributed by atoms with Crippen LogP contribution in [0.3, 0.4) is 0 Å². The van der Waals surface area contributed by atoms with Gasteiger partial charge in [-0.05, 0) is 0 Å². The molecule has 2 N–H and O–H groups in total. The van der Waals surface area contributed by atoms with Crippen molar-refractivity contribution < 1.29 is 19.8 Å². The molecule has 0 spiro atoms. The van der Waals surface area contributed by atoms with Gasteiger partial charge in [-0.1, -0.05) is 0 Å². The number of Topliss-reactive ketones (excluding diaryl/α,β-unsaturated/α-hetero) is 2. The van der Waals surface area contributed by atoms with E-state index in [0.717, 1.165) is 4.46 Å². The molecule has 1 aromatic rings. The Bertz CT molecular complexity index is 464. The van der Waals surface area contributed by atoms with E-state index in [9.17, 15) is 19.8 Å². The molecule has 0 fully saturated rings. The van der Waals surface area contributed by atoms with Gasteiger partial charge in [0.2, 0.25) is 0 Å². The van der Waals surface area contributed by atoms with Gasteiger partial charge >= 0.3 is 91.7 Å². The number of ketones is 2. The summed E-state index contributed by atoms with van der Waals surface area (Å²) in [4.78, 5) is 22.9. The van der Waals surface area contributed by atoms with Crippen LogP contribution in [0.2, 0.25) is 5.82 Å². The minimum atomic E-state index is -2.86. The molecular formula is C10H8O4Se. The standard InChI is InChI=1S/C10H8O4Se/c1-15-5-2-3-6-7(4-5)9(12)10(13,14)8(6)11/h2-4,13-14H,1H3. The first-order valence-corrected chi connectivity index (χ1v) is 6.78. The summed E-state index contributed by atoms with van der Waals surface area (Å²) in [6.07, 6.45) is 0. The Labute approximate surface area is 92.1 Å². The second-order valence-corrected chi connectivity index (χ2v) is 5.09. The van der Waals surface area contributed by atoms with Crippen LogP contribution < -0.4 is 4.46 Å². The van der Waals surface area contributed by atoms with Crippen LogP contribution in [0.15, 0.2) is 18.2 Å². The van der Waals surface area contributed by atoms with Crippen molar-refractivity contribution in [3.05, 3.63) is 29.3 Å². The summed E-state index contributed by atoms with van der Waals surface area (Å²) in [5, 5.41) is 18.6. The SMILES string of the molecule is C[Se]c1ccc2c(c1)C(=O)C(O)(O)C2=O. The van der Waals surface area contributed by atoms with Gasteiger partial charge in [-0.25, -0.2) is 0 Å². The monoisotopic (exact) mass is 272 g/mol. The fraction of sp³-hybridized carbons (Fsp3) is 0.200. The molecule has 1 aliphatic rings. The normalized spacial score (nSPS) is 18.1. The maximum atomic E-state index is 11.5. The minimum absolute atomic E-state index is 0.0954. The molecule has 1 aromatic carbocycles. The quantitative estimate of drug-likeness (QED) is 0.395. The third-order valence-corrected chi connectivity index (χ3v) is 3.87. The van der Waals surface area contributed by atoms with E-state index in [0.29, 0.717) is 0 Å². The van der Waals surface area contributed by atoms with E-state index < -0.39 is 17.4 Å². The fourth-order valence-electron chi connectivity index (χ4n) is 1.51. The molecule has 0 unspecified atom stereocenters. The summed E-state index contributed by atoms with van der Waals surface area (Å²) in [6, 6.07) is 4.76.